The molecular formula is C16H17N3O2. The van der Waals surface area contributed by atoms with Crippen LogP contribution in [0.5, 0.6) is 0 Å². The molecule has 1 aromatic heterocycles. The van der Waals surface area contributed by atoms with Gasteiger partial charge in [0.1, 0.15) is 5.54 Å². The van der Waals surface area contributed by atoms with Crippen LogP contribution in [0.2, 0.25) is 0 Å². The number of hydrogen-bond acceptors (Lipinski definition) is 3. The lowest BCUT2D eigenvalue weighted by Gasteiger charge is -2.28. The molecule has 0 saturated heterocycles. The number of aromatic nitrogens is 1. The second-order valence-corrected chi connectivity index (χ2v) is 4.94. The van der Waals surface area contributed by atoms with Gasteiger partial charge in [0.05, 0.1) is 6.42 Å². The van der Waals surface area contributed by atoms with E-state index in [4.69, 9.17) is 5.73 Å². The van der Waals surface area contributed by atoms with Crippen molar-refractivity contribution in [2.24, 2.45) is 5.73 Å². The zero-order valence-electron chi connectivity index (χ0n) is 11.7. The summed E-state index contributed by atoms with van der Waals surface area (Å²) in [5, 5.41) is 2.72. The van der Waals surface area contributed by atoms with Gasteiger partial charge < -0.3 is 11.1 Å². The standard InChI is InChI=1S/C16H17N3O2/c1-16(15(17)21,13-5-3-2-4-6-13)19-14(20)11-12-7-9-18-10-8-12/h2-10H,11H2,1H3,(H2,17,21)(H,19,20). The van der Waals surface area contributed by atoms with Crippen molar-refractivity contribution in [3.8, 4) is 0 Å². The fraction of sp³-hybridized carbons (Fsp3) is 0.188. The summed E-state index contributed by atoms with van der Waals surface area (Å²) in [6, 6.07) is 12.5. The number of nitrogens with zero attached hydrogens (tertiary/aromatic N) is 1. The topological polar surface area (TPSA) is 85.1 Å². The van der Waals surface area contributed by atoms with Gasteiger partial charge in [0.15, 0.2) is 0 Å². The molecular weight excluding hydrogens is 266 g/mol. The highest BCUT2D eigenvalue weighted by Gasteiger charge is 2.34. The van der Waals surface area contributed by atoms with Crippen molar-refractivity contribution in [2.75, 3.05) is 0 Å². The van der Waals surface area contributed by atoms with E-state index in [2.05, 4.69) is 10.3 Å². The zero-order chi connectivity index (χ0) is 15.3. The molecule has 0 aliphatic carbocycles. The van der Waals surface area contributed by atoms with E-state index in [1.165, 1.54) is 0 Å². The lowest BCUT2D eigenvalue weighted by atomic mass is 9.91. The van der Waals surface area contributed by atoms with Crippen LogP contribution in [0.25, 0.3) is 0 Å². The first-order chi connectivity index (χ1) is 10.0. The minimum Gasteiger partial charge on any atom is -0.367 e. The molecule has 1 atom stereocenters. The Morgan fingerprint density at radius 3 is 2.33 bits per heavy atom. The summed E-state index contributed by atoms with van der Waals surface area (Å²) in [4.78, 5) is 27.9. The molecule has 1 aromatic carbocycles. The SMILES string of the molecule is CC(NC(=O)Cc1ccncc1)(C(N)=O)c1ccccc1. The maximum absolute atomic E-state index is 12.2. The average Bonchev–Trinajstić information content (AvgIpc) is 2.48. The number of amides is 2. The number of primary amides is 1. The largest absolute Gasteiger partial charge is 0.367 e. The number of carbonyl (C=O) groups is 2. The van der Waals surface area contributed by atoms with Gasteiger partial charge >= 0.3 is 0 Å². The van der Waals surface area contributed by atoms with Gasteiger partial charge in [-0.25, -0.2) is 0 Å². The van der Waals surface area contributed by atoms with E-state index in [1.54, 1.807) is 55.7 Å². The summed E-state index contributed by atoms with van der Waals surface area (Å²) in [5.41, 5.74) is 5.73. The molecule has 0 aliphatic rings. The van der Waals surface area contributed by atoms with Crippen molar-refractivity contribution in [1.82, 2.24) is 10.3 Å². The minimum absolute atomic E-state index is 0.165. The molecule has 1 unspecified atom stereocenters. The number of nitrogens with one attached hydrogen (secondary N) is 1. The fourth-order valence-electron chi connectivity index (χ4n) is 2.06. The molecule has 0 saturated carbocycles. The van der Waals surface area contributed by atoms with E-state index in [0.29, 0.717) is 5.56 Å². The number of nitrogens with two attached hydrogens (primary N) is 1. The van der Waals surface area contributed by atoms with Gasteiger partial charge in [-0.1, -0.05) is 30.3 Å². The van der Waals surface area contributed by atoms with Crippen LogP contribution in [0, 0.1) is 0 Å². The fourth-order valence-corrected chi connectivity index (χ4v) is 2.06. The predicted octanol–water partition coefficient (Wildman–Crippen LogP) is 1.14. The highest BCUT2D eigenvalue weighted by atomic mass is 16.2. The Labute approximate surface area is 123 Å². The van der Waals surface area contributed by atoms with E-state index in [9.17, 15) is 9.59 Å². The summed E-state index contributed by atoms with van der Waals surface area (Å²) >= 11 is 0. The molecule has 21 heavy (non-hydrogen) atoms. The Hall–Kier alpha value is -2.69. The highest BCUT2D eigenvalue weighted by Crippen LogP contribution is 2.20. The number of hydrogen-bond donors (Lipinski definition) is 2. The van der Waals surface area contributed by atoms with E-state index in [0.717, 1.165) is 5.56 Å². The molecule has 5 heteroatoms. The van der Waals surface area contributed by atoms with Gasteiger partial charge in [-0.05, 0) is 30.2 Å². The van der Waals surface area contributed by atoms with Crippen molar-refractivity contribution in [3.05, 3.63) is 66.0 Å². The second kappa shape index (κ2) is 6.17. The first-order valence-electron chi connectivity index (χ1n) is 6.58. The van der Waals surface area contributed by atoms with Gasteiger partial charge in [-0.2, -0.15) is 0 Å². The lowest BCUT2D eigenvalue weighted by molar-refractivity contribution is -0.131. The van der Waals surface area contributed by atoms with Gasteiger partial charge in [0.25, 0.3) is 0 Å². The maximum Gasteiger partial charge on any atom is 0.247 e. The van der Waals surface area contributed by atoms with Gasteiger partial charge in [0, 0.05) is 12.4 Å². The van der Waals surface area contributed by atoms with Crippen LogP contribution in [-0.4, -0.2) is 16.8 Å². The van der Waals surface area contributed by atoms with Gasteiger partial charge in [0.2, 0.25) is 11.8 Å². The summed E-state index contributed by atoms with van der Waals surface area (Å²) in [6.45, 7) is 1.61. The third-order valence-electron chi connectivity index (χ3n) is 3.35. The normalized spacial score (nSPS) is 13.2. The van der Waals surface area contributed by atoms with Crippen molar-refractivity contribution in [3.63, 3.8) is 0 Å². The van der Waals surface area contributed by atoms with Crippen LogP contribution in [0.4, 0.5) is 0 Å². The third-order valence-corrected chi connectivity index (χ3v) is 3.35. The Morgan fingerprint density at radius 2 is 1.76 bits per heavy atom. The van der Waals surface area contributed by atoms with Crippen LogP contribution in [0.1, 0.15) is 18.1 Å². The Morgan fingerprint density at radius 1 is 1.14 bits per heavy atom. The molecule has 2 rings (SSSR count). The highest BCUT2D eigenvalue weighted by molar-refractivity contribution is 5.91. The van der Waals surface area contributed by atoms with Crippen molar-refractivity contribution in [1.29, 1.82) is 0 Å². The first-order valence-corrected chi connectivity index (χ1v) is 6.58. The van der Waals surface area contributed by atoms with Gasteiger partial charge in [-0.3, -0.25) is 14.6 Å². The van der Waals surface area contributed by atoms with E-state index >= 15 is 0 Å². The lowest BCUT2D eigenvalue weighted by Crippen LogP contribution is -2.53. The van der Waals surface area contributed by atoms with E-state index in [1.807, 2.05) is 6.07 Å². The van der Waals surface area contributed by atoms with E-state index in [-0.39, 0.29) is 12.3 Å². The van der Waals surface area contributed by atoms with Crippen LogP contribution in [-0.2, 0) is 21.5 Å². The van der Waals surface area contributed by atoms with Crippen molar-refractivity contribution in [2.45, 2.75) is 18.9 Å². The zero-order valence-corrected chi connectivity index (χ0v) is 11.7. The third kappa shape index (κ3) is 3.45. The predicted molar refractivity (Wildman–Crippen MR) is 79.1 cm³/mol. The minimum atomic E-state index is -1.23. The number of pyridine rings is 1. The molecule has 0 bridgehead atoms. The van der Waals surface area contributed by atoms with E-state index < -0.39 is 11.4 Å². The van der Waals surface area contributed by atoms with Crippen LogP contribution < -0.4 is 11.1 Å². The smallest absolute Gasteiger partial charge is 0.247 e. The molecule has 2 aromatic rings. The quantitative estimate of drug-likeness (QED) is 0.863. The molecule has 0 spiro atoms. The molecule has 0 fully saturated rings. The number of carbonyl (C=O) groups excluding carboxylic acids is 2. The van der Waals surface area contributed by atoms with Crippen molar-refractivity contribution >= 4 is 11.8 Å². The molecule has 5 nitrogen and oxygen atoms in total. The van der Waals surface area contributed by atoms with Crippen LogP contribution in [0.3, 0.4) is 0 Å². The molecule has 1 heterocycles. The maximum atomic E-state index is 12.2. The van der Waals surface area contributed by atoms with Gasteiger partial charge in [-0.15, -0.1) is 0 Å². The Balaban J connectivity index is 2.17. The Bertz CT molecular complexity index is 628. The molecule has 0 aliphatic heterocycles. The Kier molecular flexibility index (Phi) is 4.33. The first kappa shape index (κ1) is 14.7. The van der Waals surface area contributed by atoms with Crippen LogP contribution >= 0.6 is 0 Å². The number of rotatable bonds is 5. The molecule has 108 valence electrons. The summed E-state index contributed by atoms with van der Waals surface area (Å²) in [5.74, 6) is -0.872. The molecule has 3 N–H and O–H groups in total. The summed E-state index contributed by atoms with van der Waals surface area (Å²) in [7, 11) is 0. The van der Waals surface area contributed by atoms with Crippen LogP contribution in [0.15, 0.2) is 54.9 Å². The summed E-state index contributed by atoms with van der Waals surface area (Å²) < 4.78 is 0. The summed E-state index contributed by atoms with van der Waals surface area (Å²) in [6.07, 6.45) is 3.40. The van der Waals surface area contributed by atoms with Crippen molar-refractivity contribution < 1.29 is 9.59 Å². The molecule has 2 amide bonds. The monoisotopic (exact) mass is 283 g/mol. The second-order valence-electron chi connectivity index (χ2n) is 4.94. The molecule has 0 radical (unpaired) electrons. The average molecular weight is 283 g/mol. The number of benzene rings is 1.